The lowest BCUT2D eigenvalue weighted by Crippen LogP contribution is -2.27. The Hall–Kier alpha value is -1.62. The summed E-state index contributed by atoms with van der Waals surface area (Å²) >= 11 is 0. The van der Waals surface area contributed by atoms with E-state index in [-0.39, 0.29) is 5.91 Å². The number of hydrogen-bond donors (Lipinski definition) is 2. The average molecular weight is 278 g/mol. The first-order valence-electron chi connectivity index (χ1n) is 7.26. The molecule has 0 spiro atoms. The van der Waals surface area contributed by atoms with E-state index in [0.29, 0.717) is 12.1 Å². The Kier molecular flexibility index (Phi) is 7.65. The largest absolute Gasteiger partial charge is 0.370 e. The molecule has 1 aromatic heterocycles. The summed E-state index contributed by atoms with van der Waals surface area (Å²) < 4.78 is 0. The van der Waals surface area contributed by atoms with Crippen molar-refractivity contribution in [2.45, 2.75) is 26.2 Å². The van der Waals surface area contributed by atoms with Crippen LogP contribution in [0.5, 0.6) is 0 Å². The van der Waals surface area contributed by atoms with Crippen LogP contribution in [0.1, 0.15) is 36.5 Å². The number of amides is 1. The molecule has 0 aliphatic carbocycles. The molecule has 1 aromatic rings. The lowest BCUT2D eigenvalue weighted by molar-refractivity contribution is 0.0952. The fourth-order valence-corrected chi connectivity index (χ4v) is 1.73. The number of rotatable bonds is 9. The molecule has 1 heterocycles. The number of carbonyl (C=O) groups excluding carboxylic acids is 1. The normalized spacial score (nSPS) is 10.6. The Morgan fingerprint density at radius 2 is 2.05 bits per heavy atom. The van der Waals surface area contributed by atoms with Crippen molar-refractivity contribution in [3.05, 3.63) is 23.9 Å². The summed E-state index contributed by atoms with van der Waals surface area (Å²) in [6, 6.07) is 3.66. The number of nitrogens with zero attached hydrogens (tertiary/aromatic N) is 2. The lowest BCUT2D eigenvalue weighted by Gasteiger charge is -2.10. The smallest absolute Gasteiger partial charge is 0.252 e. The van der Waals surface area contributed by atoms with Gasteiger partial charge in [0.15, 0.2) is 0 Å². The van der Waals surface area contributed by atoms with Crippen LogP contribution in [-0.2, 0) is 0 Å². The van der Waals surface area contributed by atoms with Crippen LogP contribution in [0.4, 0.5) is 5.82 Å². The summed E-state index contributed by atoms with van der Waals surface area (Å²) in [7, 11) is 4.05. The Balaban J connectivity index is 2.33. The number of nitrogens with one attached hydrogen (secondary N) is 2. The molecule has 0 fully saturated rings. The van der Waals surface area contributed by atoms with Gasteiger partial charge < -0.3 is 15.5 Å². The highest BCUT2D eigenvalue weighted by atomic mass is 16.1. The van der Waals surface area contributed by atoms with E-state index in [2.05, 4.69) is 27.4 Å². The molecule has 5 nitrogen and oxygen atoms in total. The number of pyridine rings is 1. The van der Waals surface area contributed by atoms with Crippen molar-refractivity contribution in [1.29, 1.82) is 0 Å². The molecule has 0 bridgehead atoms. The van der Waals surface area contributed by atoms with Gasteiger partial charge in [-0.15, -0.1) is 0 Å². The van der Waals surface area contributed by atoms with Crippen molar-refractivity contribution < 1.29 is 4.79 Å². The summed E-state index contributed by atoms with van der Waals surface area (Å²) in [5.41, 5.74) is 0.607. The second-order valence-corrected chi connectivity index (χ2v) is 5.13. The van der Waals surface area contributed by atoms with Gasteiger partial charge in [0.2, 0.25) is 0 Å². The molecule has 0 saturated heterocycles. The highest BCUT2D eigenvalue weighted by Crippen LogP contribution is 2.05. The van der Waals surface area contributed by atoms with Crippen LogP contribution < -0.4 is 10.6 Å². The number of hydrogen-bond acceptors (Lipinski definition) is 4. The Morgan fingerprint density at radius 1 is 1.25 bits per heavy atom. The average Bonchev–Trinajstić information content (AvgIpc) is 2.44. The maximum atomic E-state index is 11.9. The zero-order valence-electron chi connectivity index (χ0n) is 12.8. The van der Waals surface area contributed by atoms with E-state index in [1.807, 2.05) is 26.2 Å². The second-order valence-electron chi connectivity index (χ2n) is 5.13. The van der Waals surface area contributed by atoms with Crippen LogP contribution in [-0.4, -0.2) is 49.5 Å². The molecule has 0 unspecified atom stereocenters. The fourth-order valence-electron chi connectivity index (χ4n) is 1.73. The summed E-state index contributed by atoms with van der Waals surface area (Å²) in [4.78, 5) is 18.2. The monoisotopic (exact) mass is 278 g/mol. The molecule has 1 amide bonds. The fraction of sp³-hybridized carbons (Fsp3) is 0.600. The van der Waals surface area contributed by atoms with Crippen molar-refractivity contribution >= 4 is 11.7 Å². The Morgan fingerprint density at radius 3 is 2.65 bits per heavy atom. The molecule has 0 aliphatic heterocycles. The number of carbonyl (C=O) groups is 1. The van der Waals surface area contributed by atoms with E-state index in [0.717, 1.165) is 38.2 Å². The maximum Gasteiger partial charge on any atom is 0.252 e. The Bertz CT molecular complexity index is 389. The molecule has 112 valence electrons. The SMILES string of the molecule is CCCCNc1ccc(C(=O)NCCCN(C)C)cn1. The minimum absolute atomic E-state index is 0.0589. The van der Waals surface area contributed by atoms with Gasteiger partial charge in [-0.1, -0.05) is 13.3 Å². The third kappa shape index (κ3) is 6.52. The molecular formula is C15H26N4O. The van der Waals surface area contributed by atoms with Gasteiger partial charge in [0.1, 0.15) is 5.82 Å². The summed E-state index contributed by atoms with van der Waals surface area (Å²) in [5.74, 6) is 0.763. The highest BCUT2D eigenvalue weighted by molar-refractivity contribution is 5.93. The zero-order chi connectivity index (χ0) is 14.8. The topological polar surface area (TPSA) is 57.3 Å². The maximum absolute atomic E-state index is 11.9. The number of aromatic nitrogens is 1. The van der Waals surface area contributed by atoms with Gasteiger partial charge in [-0.3, -0.25) is 4.79 Å². The molecule has 0 aliphatic rings. The molecule has 0 radical (unpaired) electrons. The third-order valence-corrected chi connectivity index (χ3v) is 2.93. The molecule has 5 heteroatoms. The standard InChI is InChI=1S/C15H26N4O/c1-4-5-9-16-14-8-7-13(12-18-14)15(20)17-10-6-11-19(2)3/h7-8,12H,4-6,9-11H2,1-3H3,(H,16,18)(H,17,20). The number of unbranched alkanes of at least 4 members (excludes halogenated alkanes) is 1. The van der Waals surface area contributed by atoms with Gasteiger partial charge in [-0.05, 0) is 45.6 Å². The molecule has 2 N–H and O–H groups in total. The van der Waals surface area contributed by atoms with Crippen molar-refractivity contribution in [3.8, 4) is 0 Å². The van der Waals surface area contributed by atoms with Gasteiger partial charge in [-0.25, -0.2) is 4.98 Å². The van der Waals surface area contributed by atoms with Gasteiger partial charge in [0, 0.05) is 19.3 Å². The molecule has 0 atom stereocenters. The first kappa shape index (κ1) is 16.4. The van der Waals surface area contributed by atoms with E-state index in [9.17, 15) is 4.79 Å². The van der Waals surface area contributed by atoms with Crippen molar-refractivity contribution in [3.63, 3.8) is 0 Å². The molecule has 1 rings (SSSR count). The summed E-state index contributed by atoms with van der Waals surface area (Å²) in [6.45, 7) is 4.73. The van der Waals surface area contributed by atoms with Gasteiger partial charge in [-0.2, -0.15) is 0 Å². The van der Waals surface area contributed by atoms with E-state index in [4.69, 9.17) is 0 Å². The van der Waals surface area contributed by atoms with Gasteiger partial charge in [0.25, 0.3) is 5.91 Å². The number of anilines is 1. The van der Waals surface area contributed by atoms with Crippen molar-refractivity contribution in [1.82, 2.24) is 15.2 Å². The van der Waals surface area contributed by atoms with Crippen molar-refractivity contribution in [2.75, 3.05) is 39.0 Å². The van der Waals surface area contributed by atoms with Gasteiger partial charge >= 0.3 is 0 Å². The van der Waals surface area contributed by atoms with Crippen LogP contribution in [0.3, 0.4) is 0 Å². The first-order chi connectivity index (χ1) is 9.63. The van der Waals surface area contributed by atoms with E-state index >= 15 is 0 Å². The predicted molar refractivity (Wildman–Crippen MR) is 83.1 cm³/mol. The predicted octanol–water partition coefficient (Wildman–Crippen LogP) is 1.98. The molecular weight excluding hydrogens is 252 g/mol. The quantitative estimate of drug-likeness (QED) is 0.678. The van der Waals surface area contributed by atoms with Crippen LogP contribution in [0.2, 0.25) is 0 Å². The lowest BCUT2D eigenvalue weighted by atomic mass is 10.2. The van der Waals surface area contributed by atoms with Crippen LogP contribution >= 0.6 is 0 Å². The molecule has 20 heavy (non-hydrogen) atoms. The summed E-state index contributed by atoms with van der Waals surface area (Å²) in [5, 5.41) is 6.13. The zero-order valence-corrected chi connectivity index (χ0v) is 12.8. The van der Waals surface area contributed by atoms with Crippen LogP contribution in [0, 0.1) is 0 Å². The Labute approximate surface area is 121 Å². The van der Waals surface area contributed by atoms with E-state index < -0.39 is 0 Å². The molecule has 0 saturated carbocycles. The van der Waals surface area contributed by atoms with Crippen LogP contribution in [0.15, 0.2) is 18.3 Å². The highest BCUT2D eigenvalue weighted by Gasteiger charge is 2.05. The third-order valence-electron chi connectivity index (χ3n) is 2.93. The second kappa shape index (κ2) is 9.31. The van der Waals surface area contributed by atoms with Gasteiger partial charge in [0.05, 0.1) is 5.56 Å². The van der Waals surface area contributed by atoms with Crippen LogP contribution in [0.25, 0.3) is 0 Å². The first-order valence-corrected chi connectivity index (χ1v) is 7.26. The molecule has 0 aromatic carbocycles. The van der Waals surface area contributed by atoms with E-state index in [1.165, 1.54) is 0 Å². The minimum atomic E-state index is -0.0589. The summed E-state index contributed by atoms with van der Waals surface area (Å²) in [6.07, 6.45) is 4.84. The van der Waals surface area contributed by atoms with E-state index in [1.54, 1.807) is 6.20 Å². The minimum Gasteiger partial charge on any atom is -0.370 e. The van der Waals surface area contributed by atoms with Crippen molar-refractivity contribution in [2.24, 2.45) is 0 Å².